The Hall–Kier alpha value is -6.38. The van der Waals surface area contributed by atoms with Gasteiger partial charge in [0.15, 0.2) is 0 Å². The van der Waals surface area contributed by atoms with Crippen LogP contribution in [0.15, 0.2) is 188 Å². The van der Waals surface area contributed by atoms with Crippen LogP contribution < -0.4 is 4.90 Å². The van der Waals surface area contributed by atoms with Gasteiger partial charge in [-0.15, -0.1) is 0 Å². The van der Waals surface area contributed by atoms with Crippen molar-refractivity contribution < 1.29 is 0 Å². The van der Waals surface area contributed by atoms with Crippen LogP contribution in [0, 0.1) is 0 Å². The van der Waals surface area contributed by atoms with Crippen LogP contribution in [0.25, 0.3) is 66.0 Å². The van der Waals surface area contributed by atoms with E-state index in [4.69, 9.17) is 0 Å². The quantitative estimate of drug-likeness (QED) is 0.178. The lowest BCUT2D eigenvalue weighted by atomic mass is 9.99. The molecule has 0 radical (unpaired) electrons. The topological polar surface area (TPSA) is 8.17 Å². The molecular formula is C47H34N2. The first-order valence-electron chi connectivity index (χ1n) is 16.8. The maximum absolute atomic E-state index is 2.33. The molecule has 9 aromatic rings. The van der Waals surface area contributed by atoms with Crippen molar-refractivity contribution >= 4 is 49.6 Å². The zero-order chi connectivity index (χ0) is 32.7. The van der Waals surface area contributed by atoms with E-state index in [0.717, 1.165) is 17.1 Å². The summed E-state index contributed by atoms with van der Waals surface area (Å²) in [6.07, 6.45) is 0. The lowest BCUT2D eigenvalue weighted by Gasteiger charge is -2.26. The van der Waals surface area contributed by atoms with Gasteiger partial charge in [-0.1, -0.05) is 133 Å². The van der Waals surface area contributed by atoms with E-state index in [1.165, 1.54) is 66.0 Å². The van der Waals surface area contributed by atoms with Crippen LogP contribution in [0.4, 0.5) is 17.1 Å². The highest BCUT2D eigenvalue weighted by molar-refractivity contribution is 6.13. The van der Waals surface area contributed by atoms with Gasteiger partial charge in [0, 0.05) is 45.9 Å². The summed E-state index contributed by atoms with van der Waals surface area (Å²) in [5.74, 6) is 0. The van der Waals surface area contributed by atoms with Gasteiger partial charge in [0.25, 0.3) is 0 Å². The number of hydrogen-bond donors (Lipinski definition) is 0. The van der Waals surface area contributed by atoms with Crippen molar-refractivity contribution in [3.8, 4) is 33.4 Å². The fourth-order valence-electron chi connectivity index (χ4n) is 7.21. The molecule has 8 aromatic carbocycles. The summed E-state index contributed by atoms with van der Waals surface area (Å²) in [5.41, 5.74) is 13.1. The molecule has 0 saturated carbocycles. The zero-order valence-corrected chi connectivity index (χ0v) is 27.3. The Morgan fingerprint density at radius 3 is 1.51 bits per heavy atom. The molecule has 0 N–H and O–H groups in total. The normalized spacial score (nSPS) is 11.4. The molecule has 0 unspecified atom stereocenters. The van der Waals surface area contributed by atoms with Crippen LogP contribution >= 0.6 is 0 Å². The van der Waals surface area contributed by atoms with Gasteiger partial charge in [0.2, 0.25) is 0 Å². The van der Waals surface area contributed by atoms with Crippen molar-refractivity contribution in [3.05, 3.63) is 188 Å². The fourth-order valence-corrected chi connectivity index (χ4v) is 7.21. The monoisotopic (exact) mass is 626 g/mol. The first-order valence-corrected chi connectivity index (χ1v) is 16.8. The number of fused-ring (bicyclic) bond motifs is 4. The Morgan fingerprint density at radius 1 is 0.327 bits per heavy atom. The van der Waals surface area contributed by atoms with Gasteiger partial charge in [-0.25, -0.2) is 0 Å². The van der Waals surface area contributed by atoms with Gasteiger partial charge >= 0.3 is 0 Å². The summed E-state index contributed by atoms with van der Waals surface area (Å²) in [6.45, 7) is 0. The molecule has 2 nitrogen and oxygen atoms in total. The number of aryl methyl sites for hydroxylation is 1. The second-order valence-corrected chi connectivity index (χ2v) is 12.7. The van der Waals surface area contributed by atoms with Gasteiger partial charge in [-0.05, 0) is 98.8 Å². The number of benzene rings is 8. The molecule has 0 atom stereocenters. The summed E-state index contributed by atoms with van der Waals surface area (Å²) < 4.78 is 2.33. The van der Waals surface area contributed by atoms with Gasteiger partial charge < -0.3 is 9.47 Å². The molecule has 2 heteroatoms. The van der Waals surface area contributed by atoms with E-state index < -0.39 is 0 Å². The molecule has 0 spiro atoms. The van der Waals surface area contributed by atoms with Crippen LogP contribution in [0.1, 0.15) is 0 Å². The summed E-state index contributed by atoms with van der Waals surface area (Å²) in [5, 5.41) is 5.14. The maximum atomic E-state index is 2.33. The SMILES string of the molecule is Cn1c2cc(-c3ccc(-c4ccc(N(c5ccccc5)c5cccc(-c6ccccc6)c5)cc4)cc3)ccc2c2cc3ccccc3cc21. The van der Waals surface area contributed by atoms with Crippen molar-refractivity contribution in [2.75, 3.05) is 4.90 Å². The number of hydrogen-bond acceptors (Lipinski definition) is 1. The lowest BCUT2D eigenvalue weighted by molar-refractivity contribution is 1.02. The van der Waals surface area contributed by atoms with Gasteiger partial charge in [-0.2, -0.15) is 0 Å². The Kier molecular flexibility index (Phi) is 7.06. The highest BCUT2D eigenvalue weighted by Gasteiger charge is 2.14. The number of rotatable bonds is 6. The van der Waals surface area contributed by atoms with E-state index >= 15 is 0 Å². The summed E-state index contributed by atoms with van der Waals surface area (Å²) in [6, 6.07) is 67.9. The van der Waals surface area contributed by atoms with Crippen LogP contribution in [-0.4, -0.2) is 4.57 Å². The Balaban J connectivity index is 1.02. The molecule has 0 bridgehead atoms. The van der Waals surface area contributed by atoms with Crippen molar-refractivity contribution in [2.24, 2.45) is 7.05 Å². The molecule has 0 aliphatic rings. The largest absolute Gasteiger partial charge is 0.344 e. The van der Waals surface area contributed by atoms with Crippen LogP contribution in [-0.2, 0) is 7.05 Å². The van der Waals surface area contributed by atoms with E-state index in [2.05, 4.69) is 205 Å². The average molecular weight is 627 g/mol. The third-order valence-corrected chi connectivity index (χ3v) is 9.78. The molecule has 0 amide bonds. The van der Waals surface area contributed by atoms with Crippen molar-refractivity contribution in [2.45, 2.75) is 0 Å². The molecule has 0 aliphatic heterocycles. The number of anilines is 3. The molecule has 9 rings (SSSR count). The Labute approximate surface area is 286 Å². The van der Waals surface area contributed by atoms with Crippen molar-refractivity contribution in [1.29, 1.82) is 0 Å². The van der Waals surface area contributed by atoms with Crippen molar-refractivity contribution in [3.63, 3.8) is 0 Å². The van der Waals surface area contributed by atoms with E-state index in [0.29, 0.717) is 0 Å². The van der Waals surface area contributed by atoms with Crippen LogP contribution in [0.2, 0.25) is 0 Å². The fraction of sp³-hybridized carbons (Fsp3) is 0.0213. The van der Waals surface area contributed by atoms with Gasteiger partial charge in [0.05, 0.1) is 0 Å². The van der Waals surface area contributed by atoms with Gasteiger partial charge in [0.1, 0.15) is 0 Å². The molecule has 232 valence electrons. The third-order valence-electron chi connectivity index (χ3n) is 9.78. The van der Waals surface area contributed by atoms with Gasteiger partial charge in [-0.3, -0.25) is 0 Å². The number of aromatic nitrogens is 1. The first kappa shape index (κ1) is 28.8. The lowest BCUT2D eigenvalue weighted by Crippen LogP contribution is -2.09. The second-order valence-electron chi connectivity index (χ2n) is 12.7. The van der Waals surface area contributed by atoms with Crippen molar-refractivity contribution in [1.82, 2.24) is 4.57 Å². The molecule has 0 fully saturated rings. The second kappa shape index (κ2) is 12.0. The minimum atomic E-state index is 1.12. The number of nitrogens with zero attached hydrogens (tertiary/aromatic N) is 2. The maximum Gasteiger partial charge on any atom is 0.0495 e. The molecule has 0 saturated heterocycles. The third kappa shape index (κ3) is 5.24. The first-order chi connectivity index (χ1) is 24.2. The predicted molar refractivity (Wildman–Crippen MR) is 209 cm³/mol. The average Bonchev–Trinajstić information content (AvgIpc) is 3.45. The van der Waals surface area contributed by atoms with E-state index in [1.807, 2.05) is 0 Å². The van der Waals surface area contributed by atoms with E-state index in [1.54, 1.807) is 0 Å². The highest BCUT2D eigenvalue weighted by Crippen LogP contribution is 2.38. The standard InChI is InChI=1S/C47H34N2/c1-48-46-32-40(25-28-44(46)45-30-38-13-8-9-14-39(38)31-47(45)48)36-21-19-34(20-22-36)35-23-26-42(27-24-35)49(41-16-6-3-7-17-41)43-18-10-15-37(29-43)33-11-4-2-5-12-33/h2-32H,1H3. The number of para-hydroxylation sites is 1. The Bertz CT molecular complexity index is 2580. The minimum Gasteiger partial charge on any atom is -0.344 e. The molecule has 49 heavy (non-hydrogen) atoms. The summed E-state index contributed by atoms with van der Waals surface area (Å²) in [7, 11) is 2.18. The van der Waals surface area contributed by atoms with E-state index in [9.17, 15) is 0 Å². The molecule has 0 aliphatic carbocycles. The minimum absolute atomic E-state index is 1.12. The zero-order valence-electron chi connectivity index (χ0n) is 27.3. The summed E-state index contributed by atoms with van der Waals surface area (Å²) in [4.78, 5) is 2.32. The molecular weight excluding hydrogens is 593 g/mol. The van der Waals surface area contributed by atoms with Crippen LogP contribution in [0.3, 0.4) is 0 Å². The highest BCUT2D eigenvalue weighted by atomic mass is 15.1. The van der Waals surface area contributed by atoms with E-state index in [-0.39, 0.29) is 0 Å². The predicted octanol–water partition coefficient (Wildman–Crippen LogP) is 13.0. The summed E-state index contributed by atoms with van der Waals surface area (Å²) >= 11 is 0. The van der Waals surface area contributed by atoms with Crippen LogP contribution in [0.5, 0.6) is 0 Å². The smallest absolute Gasteiger partial charge is 0.0495 e. The molecule has 1 aromatic heterocycles. The Morgan fingerprint density at radius 2 is 0.796 bits per heavy atom. The molecule has 1 heterocycles.